The van der Waals surface area contributed by atoms with Crippen molar-refractivity contribution in [3.05, 3.63) is 59.7 Å². The topological polar surface area (TPSA) is 78.6 Å². The lowest BCUT2D eigenvalue weighted by molar-refractivity contribution is -0.144. The molecule has 2 rings (SSSR count). The highest BCUT2D eigenvalue weighted by molar-refractivity contribution is 5.90. The van der Waals surface area contributed by atoms with Gasteiger partial charge in [0.2, 0.25) is 0 Å². The summed E-state index contributed by atoms with van der Waals surface area (Å²) in [7, 11) is 1.35. The van der Waals surface area contributed by atoms with Gasteiger partial charge in [0.05, 0.1) is 19.3 Å². The third kappa shape index (κ3) is 4.20. The van der Waals surface area contributed by atoms with Crippen LogP contribution in [-0.4, -0.2) is 31.7 Å². The molecule has 0 spiro atoms. The van der Waals surface area contributed by atoms with Crippen LogP contribution < -0.4 is 5.73 Å². The molecule has 0 aliphatic heterocycles. The third-order valence-electron chi connectivity index (χ3n) is 3.66. The van der Waals surface area contributed by atoms with E-state index in [1.807, 2.05) is 36.4 Å². The number of nitrogens with two attached hydrogens (primary N) is 1. The summed E-state index contributed by atoms with van der Waals surface area (Å²) < 4.78 is 9.66. The van der Waals surface area contributed by atoms with Gasteiger partial charge in [-0.25, -0.2) is 4.79 Å². The monoisotopic (exact) mass is 327 g/mol. The van der Waals surface area contributed by atoms with Gasteiger partial charge in [0, 0.05) is 0 Å². The van der Waals surface area contributed by atoms with E-state index in [4.69, 9.17) is 15.2 Å². The summed E-state index contributed by atoms with van der Waals surface area (Å²) in [6.07, 6.45) is 0.383. The predicted octanol–water partition coefficient (Wildman–Crippen LogP) is 2.57. The number of methoxy groups -OCH3 is 1. The molecule has 0 aromatic heterocycles. The van der Waals surface area contributed by atoms with Gasteiger partial charge >= 0.3 is 11.9 Å². The van der Waals surface area contributed by atoms with Gasteiger partial charge < -0.3 is 15.2 Å². The van der Waals surface area contributed by atoms with Crippen molar-refractivity contribution in [1.29, 1.82) is 0 Å². The van der Waals surface area contributed by atoms with Crippen molar-refractivity contribution in [3.63, 3.8) is 0 Å². The summed E-state index contributed by atoms with van der Waals surface area (Å²) in [5, 5.41) is 0. The number of carbonyl (C=O) groups is 2. The molecule has 1 atom stereocenters. The van der Waals surface area contributed by atoms with Crippen LogP contribution in [0.4, 0.5) is 0 Å². The summed E-state index contributed by atoms with van der Waals surface area (Å²) in [5.41, 5.74) is 9.27. The van der Waals surface area contributed by atoms with Gasteiger partial charge in [0.1, 0.15) is 6.04 Å². The Balaban J connectivity index is 2.25. The van der Waals surface area contributed by atoms with Gasteiger partial charge in [0.25, 0.3) is 0 Å². The van der Waals surface area contributed by atoms with Crippen molar-refractivity contribution in [2.75, 3.05) is 13.7 Å². The number of rotatable bonds is 6. The Labute approximate surface area is 141 Å². The van der Waals surface area contributed by atoms with E-state index in [1.165, 1.54) is 7.11 Å². The molecule has 0 saturated heterocycles. The summed E-state index contributed by atoms with van der Waals surface area (Å²) in [5.74, 6) is -0.785. The van der Waals surface area contributed by atoms with Crippen LogP contribution >= 0.6 is 0 Å². The van der Waals surface area contributed by atoms with Crippen LogP contribution in [0.15, 0.2) is 48.5 Å². The molecule has 0 aliphatic carbocycles. The van der Waals surface area contributed by atoms with Crippen LogP contribution in [0.2, 0.25) is 0 Å². The standard InChI is InChI=1S/C19H21NO4/c1-3-24-19(22)17(20)12-15-6-4-5-7-16(15)13-8-10-14(11-9-13)18(21)23-2/h4-11,17H,3,12,20H2,1-2H3. The van der Waals surface area contributed by atoms with Crippen LogP contribution in [-0.2, 0) is 20.7 Å². The fourth-order valence-corrected chi connectivity index (χ4v) is 2.45. The average Bonchev–Trinajstić information content (AvgIpc) is 2.62. The van der Waals surface area contributed by atoms with Crippen LogP contribution in [0.3, 0.4) is 0 Å². The van der Waals surface area contributed by atoms with Crippen molar-refractivity contribution in [3.8, 4) is 11.1 Å². The Morgan fingerprint density at radius 1 is 1.08 bits per heavy atom. The molecule has 0 amide bonds. The Bertz CT molecular complexity index is 710. The minimum Gasteiger partial charge on any atom is -0.465 e. The van der Waals surface area contributed by atoms with E-state index in [0.29, 0.717) is 18.6 Å². The maximum atomic E-state index is 11.7. The second kappa shape index (κ2) is 8.26. The number of ether oxygens (including phenoxy) is 2. The molecule has 5 heteroatoms. The maximum absolute atomic E-state index is 11.7. The van der Waals surface area contributed by atoms with E-state index in [0.717, 1.165) is 16.7 Å². The number of hydrogen-bond donors (Lipinski definition) is 1. The summed E-state index contributed by atoms with van der Waals surface area (Å²) in [6.45, 7) is 2.06. The van der Waals surface area contributed by atoms with Crippen LogP contribution in [0.1, 0.15) is 22.8 Å². The highest BCUT2D eigenvalue weighted by Crippen LogP contribution is 2.25. The lowest BCUT2D eigenvalue weighted by atomic mass is 9.95. The molecule has 2 aromatic rings. The van der Waals surface area contributed by atoms with E-state index < -0.39 is 12.0 Å². The smallest absolute Gasteiger partial charge is 0.337 e. The van der Waals surface area contributed by atoms with Gasteiger partial charge in [-0.3, -0.25) is 4.79 Å². The molecule has 0 bridgehead atoms. The van der Waals surface area contributed by atoms with Gasteiger partial charge in [-0.15, -0.1) is 0 Å². The molecule has 2 aromatic carbocycles. The molecule has 0 saturated carbocycles. The zero-order chi connectivity index (χ0) is 17.5. The van der Waals surface area contributed by atoms with Gasteiger partial charge in [-0.05, 0) is 42.2 Å². The molecule has 2 N–H and O–H groups in total. The zero-order valence-electron chi connectivity index (χ0n) is 13.8. The Kier molecular flexibility index (Phi) is 6.09. The zero-order valence-corrected chi connectivity index (χ0v) is 13.8. The summed E-state index contributed by atoms with van der Waals surface area (Å²) in [4.78, 5) is 23.3. The number of benzene rings is 2. The molecule has 5 nitrogen and oxygen atoms in total. The first kappa shape index (κ1) is 17.7. The quantitative estimate of drug-likeness (QED) is 0.825. The highest BCUT2D eigenvalue weighted by Gasteiger charge is 2.17. The maximum Gasteiger partial charge on any atom is 0.337 e. The molecule has 1 unspecified atom stereocenters. The number of carbonyl (C=O) groups excluding carboxylic acids is 2. The molecule has 0 fully saturated rings. The van der Waals surface area contributed by atoms with Crippen molar-refractivity contribution < 1.29 is 19.1 Å². The van der Waals surface area contributed by atoms with Crippen molar-refractivity contribution in [2.24, 2.45) is 5.73 Å². The number of esters is 2. The Morgan fingerprint density at radius 3 is 2.38 bits per heavy atom. The SMILES string of the molecule is CCOC(=O)C(N)Cc1ccccc1-c1ccc(C(=O)OC)cc1. The fourth-order valence-electron chi connectivity index (χ4n) is 2.45. The highest BCUT2D eigenvalue weighted by atomic mass is 16.5. The second-order valence-corrected chi connectivity index (χ2v) is 5.29. The Hall–Kier alpha value is -2.66. The lowest BCUT2D eigenvalue weighted by Crippen LogP contribution is -2.34. The third-order valence-corrected chi connectivity index (χ3v) is 3.66. The lowest BCUT2D eigenvalue weighted by Gasteiger charge is -2.14. The van der Waals surface area contributed by atoms with E-state index in [-0.39, 0.29) is 5.97 Å². The first-order valence-electron chi connectivity index (χ1n) is 7.75. The number of hydrogen-bond acceptors (Lipinski definition) is 5. The first-order chi connectivity index (χ1) is 11.6. The summed E-state index contributed by atoms with van der Waals surface area (Å²) >= 11 is 0. The molecular formula is C19H21NO4. The molecular weight excluding hydrogens is 306 g/mol. The second-order valence-electron chi connectivity index (χ2n) is 5.29. The molecule has 0 radical (unpaired) electrons. The normalized spacial score (nSPS) is 11.6. The largest absolute Gasteiger partial charge is 0.465 e. The van der Waals surface area contributed by atoms with Gasteiger partial charge in [0.15, 0.2) is 0 Å². The van der Waals surface area contributed by atoms with Gasteiger partial charge in [-0.1, -0.05) is 36.4 Å². The van der Waals surface area contributed by atoms with E-state index >= 15 is 0 Å². The van der Waals surface area contributed by atoms with Crippen LogP contribution in [0, 0.1) is 0 Å². The van der Waals surface area contributed by atoms with Crippen molar-refractivity contribution >= 4 is 11.9 Å². The Morgan fingerprint density at radius 2 is 1.75 bits per heavy atom. The van der Waals surface area contributed by atoms with Crippen LogP contribution in [0.5, 0.6) is 0 Å². The first-order valence-corrected chi connectivity index (χ1v) is 7.75. The van der Waals surface area contributed by atoms with Crippen molar-refractivity contribution in [2.45, 2.75) is 19.4 Å². The van der Waals surface area contributed by atoms with E-state index in [2.05, 4.69) is 0 Å². The predicted molar refractivity (Wildman–Crippen MR) is 91.5 cm³/mol. The molecule has 24 heavy (non-hydrogen) atoms. The molecule has 0 heterocycles. The summed E-state index contributed by atoms with van der Waals surface area (Å²) in [6, 6.07) is 14.1. The average molecular weight is 327 g/mol. The molecule has 0 aliphatic rings. The minimum absolute atomic E-state index is 0.309. The minimum atomic E-state index is -0.708. The van der Waals surface area contributed by atoms with E-state index in [1.54, 1.807) is 19.1 Å². The molecule has 126 valence electrons. The van der Waals surface area contributed by atoms with Crippen LogP contribution in [0.25, 0.3) is 11.1 Å². The van der Waals surface area contributed by atoms with Crippen molar-refractivity contribution in [1.82, 2.24) is 0 Å². The van der Waals surface area contributed by atoms with Gasteiger partial charge in [-0.2, -0.15) is 0 Å². The van der Waals surface area contributed by atoms with E-state index in [9.17, 15) is 9.59 Å². The fraction of sp³-hybridized carbons (Fsp3) is 0.263.